The fourth-order valence-corrected chi connectivity index (χ4v) is 3.81. The van der Waals surface area contributed by atoms with Crippen molar-refractivity contribution in [1.82, 2.24) is 4.31 Å². The van der Waals surface area contributed by atoms with E-state index in [1.165, 1.54) is 18.5 Å². The topological polar surface area (TPSA) is 76.1 Å². The highest BCUT2D eigenvalue weighted by Gasteiger charge is 2.48. The molecule has 0 aromatic heterocycles. The van der Waals surface area contributed by atoms with Crippen LogP contribution in [0.2, 0.25) is 0 Å². The minimum Gasteiger partial charge on any atom is -0.385 e. The Balaban J connectivity index is 2.59. The predicted octanol–water partition coefficient (Wildman–Crippen LogP) is -0.566. The lowest BCUT2D eigenvalue weighted by Gasteiger charge is -2.45. The maximum Gasteiger partial charge on any atom is 0.217 e. The zero-order chi connectivity index (χ0) is 13.3. The van der Waals surface area contributed by atoms with Gasteiger partial charge >= 0.3 is 0 Å². The van der Waals surface area contributed by atoms with Gasteiger partial charge in [0.2, 0.25) is 10.0 Å². The molecule has 1 saturated heterocycles. The Bertz CT molecular complexity index is 359. The van der Waals surface area contributed by atoms with E-state index in [4.69, 9.17) is 9.47 Å². The minimum absolute atomic E-state index is 0.0863. The van der Waals surface area contributed by atoms with E-state index in [9.17, 15) is 13.5 Å². The van der Waals surface area contributed by atoms with Gasteiger partial charge in [0.15, 0.2) is 0 Å². The van der Waals surface area contributed by atoms with Gasteiger partial charge in [-0.3, -0.25) is 0 Å². The summed E-state index contributed by atoms with van der Waals surface area (Å²) >= 11 is 0. The van der Waals surface area contributed by atoms with Crippen LogP contribution in [-0.2, 0) is 19.5 Å². The second-order valence-electron chi connectivity index (χ2n) is 5.15. The second kappa shape index (κ2) is 4.81. The fourth-order valence-electron chi connectivity index (χ4n) is 1.76. The van der Waals surface area contributed by atoms with Crippen molar-refractivity contribution in [3.8, 4) is 0 Å². The molecular weight excluding hydrogens is 246 g/mol. The van der Waals surface area contributed by atoms with Crippen LogP contribution in [0.25, 0.3) is 0 Å². The van der Waals surface area contributed by atoms with Crippen LogP contribution in [0.1, 0.15) is 13.8 Å². The van der Waals surface area contributed by atoms with Gasteiger partial charge < -0.3 is 14.6 Å². The van der Waals surface area contributed by atoms with E-state index in [1.54, 1.807) is 13.8 Å². The molecule has 1 aliphatic rings. The molecule has 0 spiro atoms. The van der Waals surface area contributed by atoms with Crippen molar-refractivity contribution in [3.05, 3.63) is 0 Å². The fraction of sp³-hybridized carbons (Fsp3) is 1.00. The Kier molecular flexibility index (Phi) is 4.20. The summed E-state index contributed by atoms with van der Waals surface area (Å²) in [5, 5.41) is 9.84. The zero-order valence-electron chi connectivity index (χ0n) is 10.8. The predicted molar refractivity (Wildman–Crippen MR) is 63.3 cm³/mol. The van der Waals surface area contributed by atoms with Crippen LogP contribution in [0.5, 0.6) is 0 Å². The van der Waals surface area contributed by atoms with Crippen LogP contribution in [0.3, 0.4) is 0 Å². The van der Waals surface area contributed by atoms with Gasteiger partial charge in [-0.15, -0.1) is 0 Å². The van der Waals surface area contributed by atoms with Gasteiger partial charge in [0.25, 0.3) is 0 Å². The summed E-state index contributed by atoms with van der Waals surface area (Å²) in [5.74, 6) is -0.0977. The van der Waals surface area contributed by atoms with Crippen LogP contribution < -0.4 is 0 Å². The van der Waals surface area contributed by atoms with Crippen molar-refractivity contribution in [3.63, 3.8) is 0 Å². The van der Waals surface area contributed by atoms with Crippen molar-refractivity contribution in [2.45, 2.75) is 25.0 Å². The van der Waals surface area contributed by atoms with Crippen molar-refractivity contribution in [1.29, 1.82) is 0 Å². The first kappa shape index (κ1) is 14.8. The standard InChI is InChI=1S/C10H21NO5S/c1-9(2,16-4)8-17(13,14)11-5-10(12,6-11)7-15-3/h12H,5-8H2,1-4H3. The molecule has 0 unspecified atom stereocenters. The summed E-state index contributed by atoms with van der Waals surface area (Å²) in [6.45, 7) is 3.75. The molecule has 17 heavy (non-hydrogen) atoms. The molecule has 0 aromatic carbocycles. The lowest BCUT2D eigenvalue weighted by atomic mass is 9.99. The highest BCUT2D eigenvalue weighted by atomic mass is 32.2. The summed E-state index contributed by atoms with van der Waals surface area (Å²) in [7, 11) is -0.435. The van der Waals surface area contributed by atoms with Crippen LogP contribution in [-0.4, -0.2) is 68.7 Å². The monoisotopic (exact) mass is 267 g/mol. The van der Waals surface area contributed by atoms with Crippen molar-refractivity contribution in [2.24, 2.45) is 0 Å². The molecular formula is C10H21NO5S. The number of sulfonamides is 1. The average Bonchev–Trinajstić information content (AvgIpc) is 2.13. The number of rotatable bonds is 6. The molecule has 0 aromatic rings. The van der Waals surface area contributed by atoms with Gasteiger partial charge in [-0.25, -0.2) is 8.42 Å². The molecule has 0 saturated carbocycles. The molecule has 0 atom stereocenters. The Labute approximate surface area is 103 Å². The number of hydrogen-bond donors (Lipinski definition) is 1. The van der Waals surface area contributed by atoms with E-state index in [2.05, 4.69) is 0 Å². The first-order valence-corrected chi connectivity index (χ1v) is 6.99. The molecule has 1 fully saturated rings. The molecule has 1 heterocycles. The number of ether oxygens (including phenoxy) is 2. The van der Waals surface area contributed by atoms with Crippen molar-refractivity contribution in [2.75, 3.05) is 39.7 Å². The summed E-state index contributed by atoms with van der Waals surface area (Å²) in [5.41, 5.74) is -1.77. The number of methoxy groups -OCH3 is 2. The van der Waals surface area contributed by atoms with Crippen molar-refractivity contribution < 1.29 is 23.0 Å². The highest BCUT2D eigenvalue weighted by molar-refractivity contribution is 7.89. The lowest BCUT2D eigenvalue weighted by molar-refractivity contribution is -0.103. The van der Waals surface area contributed by atoms with Crippen LogP contribution in [0, 0.1) is 0 Å². The quantitative estimate of drug-likeness (QED) is 0.698. The first-order valence-electron chi connectivity index (χ1n) is 5.38. The van der Waals surface area contributed by atoms with E-state index < -0.39 is 21.2 Å². The average molecular weight is 267 g/mol. The third kappa shape index (κ3) is 3.62. The van der Waals surface area contributed by atoms with Crippen LogP contribution in [0.15, 0.2) is 0 Å². The molecule has 0 aliphatic carbocycles. The maximum atomic E-state index is 12.0. The Morgan fingerprint density at radius 1 is 1.35 bits per heavy atom. The molecule has 7 heteroatoms. The third-order valence-electron chi connectivity index (χ3n) is 2.83. The molecule has 0 bridgehead atoms. The van der Waals surface area contributed by atoms with Gasteiger partial charge in [0, 0.05) is 27.3 Å². The molecule has 1 N–H and O–H groups in total. The third-order valence-corrected chi connectivity index (χ3v) is 4.94. The van der Waals surface area contributed by atoms with Gasteiger partial charge in [0.05, 0.1) is 18.0 Å². The molecule has 1 rings (SSSR count). The van der Waals surface area contributed by atoms with Crippen LogP contribution in [0.4, 0.5) is 0 Å². The Morgan fingerprint density at radius 2 is 1.88 bits per heavy atom. The molecule has 6 nitrogen and oxygen atoms in total. The largest absolute Gasteiger partial charge is 0.385 e. The van der Waals surface area contributed by atoms with E-state index >= 15 is 0 Å². The summed E-state index contributed by atoms with van der Waals surface area (Å²) < 4.78 is 35.1. The normalized spacial score (nSPS) is 21.2. The minimum atomic E-state index is -3.39. The van der Waals surface area contributed by atoms with Gasteiger partial charge in [-0.1, -0.05) is 0 Å². The number of β-amino-alcohol motifs (C(OH)–C–C–N with tert-alkyl or cyclic N) is 1. The number of aliphatic hydroxyl groups is 1. The van der Waals surface area contributed by atoms with E-state index in [1.807, 2.05) is 0 Å². The summed E-state index contributed by atoms with van der Waals surface area (Å²) in [4.78, 5) is 0. The zero-order valence-corrected chi connectivity index (χ0v) is 11.6. The molecule has 0 radical (unpaired) electrons. The Hall–Kier alpha value is -0.210. The highest BCUT2D eigenvalue weighted by Crippen LogP contribution is 2.26. The summed E-state index contributed by atoms with van der Waals surface area (Å²) in [6.07, 6.45) is 0. The van der Waals surface area contributed by atoms with E-state index in [0.717, 1.165) is 0 Å². The number of hydrogen-bond acceptors (Lipinski definition) is 5. The smallest absolute Gasteiger partial charge is 0.217 e. The van der Waals surface area contributed by atoms with E-state index in [0.29, 0.717) is 0 Å². The van der Waals surface area contributed by atoms with Crippen molar-refractivity contribution >= 4 is 10.0 Å². The summed E-state index contributed by atoms with van der Waals surface area (Å²) in [6, 6.07) is 0. The second-order valence-corrected chi connectivity index (χ2v) is 7.11. The lowest BCUT2D eigenvalue weighted by Crippen LogP contribution is -2.66. The molecule has 102 valence electrons. The number of nitrogens with zero attached hydrogens (tertiary/aromatic N) is 1. The maximum absolute atomic E-state index is 12.0. The van der Waals surface area contributed by atoms with Crippen LogP contribution >= 0.6 is 0 Å². The van der Waals surface area contributed by atoms with Gasteiger partial charge in [-0.05, 0) is 13.8 Å². The Morgan fingerprint density at radius 3 is 2.29 bits per heavy atom. The van der Waals surface area contributed by atoms with Gasteiger partial charge in [-0.2, -0.15) is 4.31 Å². The van der Waals surface area contributed by atoms with E-state index in [-0.39, 0.29) is 25.4 Å². The SMILES string of the molecule is COCC1(O)CN(S(=O)(=O)CC(C)(C)OC)C1. The van der Waals surface area contributed by atoms with Gasteiger partial charge in [0.1, 0.15) is 5.60 Å². The first-order chi connectivity index (χ1) is 7.64. The molecule has 0 amide bonds. The molecule has 1 aliphatic heterocycles.